The molecule has 0 aliphatic heterocycles. The maximum atomic E-state index is 11.6. The molecule has 1 amide bonds. The standard InChI is InChI=1S/C13H17NO3/c1-14(10-13(16)7-8-13)12(15)17-9-11-5-3-2-4-6-11/h2-6,16H,7-10H2,1H3. The SMILES string of the molecule is CN(CC1(O)CC1)C(=O)OCc1ccccc1. The maximum absolute atomic E-state index is 11.6. The fraction of sp³-hybridized carbons (Fsp3) is 0.462. The predicted octanol–water partition coefficient (Wildman–Crippen LogP) is 1.78. The quantitative estimate of drug-likeness (QED) is 0.865. The Kier molecular flexibility index (Phi) is 3.33. The monoisotopic (exact) mass is 235 g/mol. The van der Waals surface area contributed by atoms with Crippen LogP contribution in [-0.4, -0.2) is 35.3 Å². The van der Waals surface area contributed by atoms with Gasteiger partial charge in [0.1, 0.15) is 6.61 Å². The van der Waals surface area contributed by atoms with Crippen LogP contribution in [0.3, 0.4) is 0 Å². The molecule has 0 saturated heterocycles. The second-order valence-electron chi connectivity index (χ2n) is 4.62. The Hall–Kier alpha value is -1.55. The van der Waals surface area contributed by atoms with Gasteiger partial charge in [0.15, 0.2) is 0 Å². The van der Waals surface area contributed by atoms with Crippen LogP contribution in [0.5, 0.6) is 0 Å². The van der Waals surface area contributed by atoms with Crippen LogP contribution in [-0.2, 0) is 11.3 Å². The van der Waals surface area contributed by atoms with E-state index in [-0.39, 0.29) is 6.61 Å². The summed E-state index contributed by atoms with van der Waals surface area (Å²) in [7, 11) is 1.64. The lowest BCUT2D eigenvalue weighted by atomic mass is 10.2. The Bertz CT molecular complexity index is 387. The summed E-state index contributed by atoms with van der Waals surface area (Å²) in [4.78, 5) is 13.0. The summed E-state index contributed by atoms with van der Waals surface area (Å²) in [6.45, 7) is 0.614. The van der Waals surface area contributed by atoms with E-state index >= 15 is 0 Å². The summed E-state index contributed by atoms with van der Waals surface area (Å²) < 4.78 is 5.14. The van der Waals surface area contributed by atoms with Gasteiger partial charge in [0, 0.05) is 7.05 Å². The van der Waals surface area contributed by atoms with Gasteiger partial charge in [-0.2, -0.15) is 0 Å². The minimum Gasteiger partial charge on any atom is -0.445 e. The zero-order chi connectivity index (χ0) is 12.3. The van der Waals surface area contributed by atoms with Gasteiger partial charge < -0.3 is 14.7 Å². The molecule has 0 aromatic heterocycles. The molecule has 0 unspecified atom stereocenters. The van der Waals surface area contributed by atoms with Gasteiger partial charge in [-0.3, -0.25) is 0 Å². The van der Waals surface area contributed by atoms with Gasteiger partial charge in [-0.15, -0.1) is 0 Å². The third-order valence-electron chi connectivity index (χ3n) is 2.88. The third kappa shape index (κ3) is 3.46. The van der Waals surface area contributed by atoms with Gasteiger partial charge in [0.2, 0.25) is 0 Å². The van der Waals surface area contributed by atoms with E-state index in [1.54, 1.807) is 7.05 Å². The number of hydrogen-bond donors (Lipinski definition) is 1. The Morgan fingerprint density at radius 2 is 2.06 bits per heavy atom. The first-order valence-corrected chi connectivity index (χ1v) is 5.73. The lowest BCUT2D eigenvalue weighted by molar-refractivity contribution is 0.0696. The zero-order valence-corrected chi connectivity index (χ0v) is 9.93. The van der Waals surface area contributed by atoms with Gasteiger partial charge in [-0.05, 0) is 18.4 Å². The number of hydrogen-bond acceptors (Lipinski definition) is 3. The average molecular weight is 235 g/mol. The van der Waals surface area contributed by atoms with Crippen molar-refractivity contribution < 1.29 is 14.6 Å². The van der Waals surface area contributed by atoms with Crippen molar-refractivity contribution in [1.29, 1.82) is 0 Å². The summed E-state index contributed by atoms with van der Waals surface area (Å²) in [6, 6.07) is 9.53. The van der Waals surface area contributed by atoms with Crippen molar-refractivity contribution in [1.82, 2.24) is 4.90 Å². The number of amides is 1. The zero-order valence-electron chi connectivity index (χ0n) is 9.93. The van der Waals surface area contributed by atoms with E-state index in [0.29, 0.717) is 6.54 Å². The fourth-order valence-electron chi connectivity index (χ4n) is 1.64. The van der Waals surface area contributed by atoms with Crippen molar-refractivity contribution in [3.63, 3.8) is 0 Å². The van der Waals surface area contributed by atoms with Gasteiger partial charge in [-0.1, -0.05) is 30.3 Å². The number of ether oxygens (including phenoxy) is 1. The van der Waals surface area contributed by atoms with Crippen molar-refractivity contribution in [3.05, 3.63) is 35.9 Å². The molecule has 1 aliphatic carbocycles. The number of benzene rings is 1. The molecule has 92 valence electrons. The first-order valence-electron chi connectivity index (χ1n) is 5.73. The topological polar surface area (TPSA) is 49.8 Å². The first-order chi connectivity index (χ1) is 8.09. The van der Waals surface area contributed by atoms with E-state index in [2.05, 4.69) is 0 Å². The van der Waals surface area contributed by atoms with E-state index in [1.165, 1.54) is 4.90 Å². The molecule has 0 spiro atoms. The molecule has 1 aromatic carbocycles. The molecule has 0 atom stereocenters. The Morgan fingerprint density at radius 1 is 1.41 bits per heavy atom. The predicted molar refractivity (Wildman–Crippen MR) is 63.4 cm³/mol. The van der Waals surface area contributed by atoms with Crippen LogP contribution in [0.4, 0.5) is 4.79 Å². The lowest BCUT2D eigenvalue weighted by Gasteiger charge is -2.19. The second kappa shape index (κ2) is 4.75. The number of carbonyl (C=O) groups is 1. The van der Waals surface area contributed by atoms with E-state index in [1.807, 2.05) is 30.3 Å². The molecule has 17 heavy (non-hydrogen) atoms. The molecular formula is C13H17NO3. The van der Waals surface area contributed by atoms with Crippen molar-refractivity contribution in [2.45, 2.75) is 25.0 Å². The summed E-state index contributed by atoms with van der Waals surface area (Å²) in [5.41, 5.74) is 0.292. The highest BCUT2D eigenvalue weighted by Gasteiger charge is 2.42. The Morgan fingerprint density at radius 3 is 2.65 bits per heavy atom. The Balaban J connectivity index is 1.77. The summed E-state index contributed by atoms with van der Waals surface area (Å²) in [5, 5.41) is 9.68. The fourth-order valence-corrected chi connectivity index (χ4v) is 1.64. The summed E-state index contributed by atoms with van der Waals surface area (Å²) in [5.74, 6) is 0. The van der Waals surface area contributed by atoms with Crippen molar-refractivity contribution in [3.8, 4) is 0 Å². The molecule has 1 fully saturated rings. The third-order valence-corrected chi connectivity index (χ3v) is 2.88. The molecular weight excluding hydrogens is 218 g/mol. The first kappa shape index (κ1) is 11.9. The Labute approximate surface area is 101 Å². The van der Waals surface area contributed by atoms with Crippen molar-refractivity contribution in [2.75, 3.05) is 13.6 Å². The average Bonchev–Trinajstić information content (AvgIpc) is 3.05. The van der Waals surface area contributed by atoms with Gasteiger partial charge in [0.25, 0.3) is 0 Å². The van der Waals surface area contributed by atoms with Gasteiger partial charge >= 0.3 is 6.09 Å². The van der Waals surface area contributed by atoms with Crippen LogP contribution in [0.2, 0.25) is 0 Å². The van der Waals surface area contributed by atoms with Crippen LogP contribution in [0.1, 0.15) is 18.4 Å². The number of rotatable bonds is 4. The highest BCUT2D eigenvalue weighted by Crippen LogP contribution is 2.35. The van der Waals surface area contributed by atoms with Crippen LogP contribution in [0.25, 0.3) is 0 Å². The van der Waals surface area contributed by atoms with Crippen LogP contribution in [0.15, 0.2) is 30.3 Å². The number of carbonyl (C=O) groups excluding carboxylic acids is 1. The van der Waals surface area contributed by atoms with Crippen molar-refractivity contribution in [2.24, 2.45) is 0 Å². The minimum absolute atomic E-state index is 0.266. The lowest BCUT2D eigenvalue weighted by Crippen LogP contribution is -2.35. The highest BCUT2D eigenvalue weighted by molar-refractivity contribution is 5.67. The van der Waals surface area contributed by atoms with E-state index in [9.17, 15) is 9.90 Å². The molecule has 1 aromatic rings. The second-order valence-corrected chi connectivity index (χ2v) is 4.62. The minimum atomic E-state index is -0.666. The number of aliphatic hydroxyl groups is 1. The molecule has 1 aliphatic rings. The highest BCUT2D eigenvalue weighted by atomic mass is 16.6. The van der Waals surface area contributed by atoms with E-state index in [0.717, 1.165) is 18.4 Å². The van der Waals surface area contributed by atoms with E-state index < -0.39 is 11.7 Å². The molecule has 1 N–H and O–H groups in total. The normalized spacial score (nSPS) is 16.4. The molecule has 0 heterocycles. The molecule has 0 bridgehead atoms. The van der Waals surface area contributed by atoms with Crippen LogP contribution < -0.4 is 0 Å². The molecule has 4 heteroatoms. The molecule has 0 radical (unpaired) electrons. The summed E-state index contributed by atoms with van der Waals surface area (Å²) >= 11 is 0. The van der Waals surface area contributed by atoms with E-state index in [4.69, 9.17) is 4.74 Å². The van der Waals surface area contributed by atoms with Crippen molar-refractivity contribution >= 4 is 6.09 Å². The maximum Gasteiger partial charge on any atom is 0.409 e. The molecule has 1 saturated carbocycles. The summed E-state index contributed by atoms with van der Waals surface area (Å²) in [6.07, 6.45) is 1.14. The largest absolute Gasteiger partial charge is 0.445 e. The van der Waals surface area contributed by atoms with Gasteiger partial charge in [0.05, 0.1) is 12.1 Å². The molecule has 2 rings (SSSR count). The van der Waals surface area contributed by atoms with Crippen LogP contribution in [0, 0.1) is 0 Å². The number of likely N-dealkylation sites (N-methyl/N-ethyl adjacent to an activating group) is 1. The number of nitrogens with zero attached hydrogens (tertiary/aromatic N) is 1. The molecule has 4 nitrogen and oxygen atoms in total. The smallest absolute Gasteiger partial charge is 0.409 e. The van der Waals surface area contributed by atoms with Gasteiger partial charge in [-0.25, -0.2) is 4.79 Å². The van der Waals surface area contributed by atoms with Crippen LogP contribution >= 0.6 is 0 Å².